The summed E-state index contributed by atoms with van der Waals surface area (Å²) in [7, 11) is 0. The number of hydrogen-bond donors (Lipinski definition) is 1. The first-order valence-electron chi connectivity index (χ1n) is 9.47. The molecule has 2 aliphatic rings. The molecule has 1 saturated carbocycles. The van der Waals surface area contributed by atoms with E-state index >= 15 is 0 Å². The smallest absolute Gasteiger partial charge is 0.123 e. The maximum Gasteiger partial charge on any atom is 0.123 e. The van der Waals surface area contributed by atoms with Gasteiger partial charge in [0.15, 0.2) is 0 Å². The number of nitrogens with zero attached hydrogens (tertiary/aromatic N) is 3. The fourth-order valence-electron chi connectivity index (χ4n) is 4.46. The lowest BCUT2D eigenvalue weighted by atomic mass is 9.77. The molecule has 1 saturated heterocycles. The summed E-state index contributed by atoms with van der Waals surface area (Å²) in [5.41, 5.74) is 0. The maximum atomic E-state index is 12.9. The molecule has 6 heteroatoms. The molecular formula is C20H26FN3O2. The molecule has 1 N–H and O–H groups in total. The Hall–Kier alpha value is -1.92. The van der Waals surface area contributed by atoms with Crippen LogP contribution in [-0.2, 0) is 0 Å². The van der Waals surface area contributed by atoms with Gasteiger partial charge in [-0.25, -0.2) is 4.39 Å². The lowest BCUT2D eigenvalue weighted by Gasteiger charge is -2.35. The summed E-state index contributed by atoms with van der Waals surface area (Å²) in [4.78, 5) is 2.49. The summed E-state index contributed by atoms with van der Waals surface area (Å²) in [6, 6.07) is 8.19. The second-order valence-electron chi connectivity index (χ2n) is 7.53. The molecule has 0 amide bonds. The first-order valence-corrected chi connectivity index (χ1v) is 9.47. The SMILES string of the molecule is O[C@@H]1C[C@H]2CN(CCCOc3ccc(F)cc3)C[C@H]2C[C@H]1n1cccn1. The molecule has 4 atom stereocenters. The zero-order valence-electron chi connectivity index (χ0n) is 14.9. The van der Waals surface area contributed by atoms with E-state index in [0.717, 1.165) is 38.9 Å². The predicted octanol–water partition coefficient (Wildman–Crippen LogP) is 2.74. The Morgan fingerprint density at radius 1 is 1.15 bits per heavy atom. The van der Waals surface area contributed by atoms with Gasteiger partial charge < -0.3 is 14.7 Å². The summed E-state index contributed by atoms with van der Waals surface area (Å²) in [5.74, 6) is 1.68. The van der Waals surface area contributed by atoms with Crippen LogP contribution in [0.3, 0.4) is 0 Å². The van der Waals surface area contributed by atoms with Crippen molar-refractivity contribution in [3.63, 3.8) is 0 Å². The molecule has 1 aliphatic carbocycles. The minimum absolute atomic E-state index is 0.105. The molecule has 1 aromatic heterocycles. The lowest BCUT2D eigenvalue weighted by molar-refractivity contribution is 0.0306. The zero-order chi connectivity index (χ0) is 17.9. The number of halogens is 1. The first-order chi connectivity index (χ1) is 12.7. The van der Waals surface area contributed by atoms with Gasteiger partial charge in [-0.1, -0.05) is 0 Å². The average molecular weight is 359 g/mol. The van der Waals surface area contributed by atoms with Gasteiger partial charge in [0.05, 0.1) is 18.8 Å². The number of aliphatic hydroxyl groups is 1. The van der Waals surface area contributed by atoms with Crippen LogP contribution in [0.4, 0.5) is 4.39 Å². The van der Waals surface area contributed by atoms with Crippen molar-refractivity contribution in [2.75, 3.05) is 26.2 Å². The number of likely N-dealkylation sites (tertiary alicyclic amines) is 1. The summed E-state index contributed by atoms with van der Waals surface area (Å²) in [6.07, 6.45) is 6.22. The Morgan fingerprint density at radius 3 is 2.65 bits per heavy atom. The minimum Gasteiger partial charge on any atom is -0.494 e. The summed E-state index contributed by atoms with van der Waals surface area (Å²) >= 11 is 0. The number of benzene rings is 1. The highest BCUT2D eigenvalue weighted by Crippen LogP contribution is 2.41. The fraction of sp³-hybridized carbons (Fsp3) is 0.550. The molecule has 26 heavy (non-hydrogen) atoms. The van der Waals surface area contributed by atoms with E-state index in [0.29, 0.717) is 24.2 Å². The molecule has 2 fully saturated rings. The van der Waals surface area contributed by atoms with Crippen LogP contribution >= 0.6 is 0 Å². The highest BCUT2D eigenvalue weighted by Gasteiger charge is 2.42. The molecule has 2 heterocycles. The van der Waals surface area contributed by atoms with Crippen molar-refractivity contribution in [1.29, 1.82) is 0 Å². The summed E-state index contributed by atoms with van der Waals surface area (Å²) in [6.45, 7) is 3.78. The molecular weight excluding hydrogens is 333 g/mol. The quantitative estimate of drug-likeness (QED) is 0.806. The van der Waals surface area contributed by atoms with E-state index in [1.807, 2.05) is 16.9 Å². The van der Waals surface area contributed by atoms with Gasteiger partial charge >= 0.3 is 0 Å². The second kappa shape index (κ2) is 7.76. The monoisotopic (exact) mass is 359 g/mol. The third-order valence-corrected chi connectivity index (χ3v) is 5.75. The fourth-order valence-corrected chi connectivity index (χ4v) is 4.46. The average Bonchev–Trinajstić information content (AvgIpc) is 3.28. The Labute approximate surface area is 153 Å². The second-order valence-corrected chi connectivity index (χ2v) is 7.53. The van der Waals surface area contributed by atoms with Gasteiger partial charge in [-0.15, -0.1) is 0 Å². The van der Waals surface area contributed by atoms with Crippen LogP contribution in [0.1, 0.15) is 25.3 Å². The van der Waals surface area contributed by atoms with Gasteiger partial charge in [-0.3, -0.25) is 4.68 Å². The largest absolute Gasteiger partial charge is 0.494 e. The zero-order valence-corrected chi connectivity index (χ0v) is 14.9. The Bertz CT molecular complexity index is 692. The van der Waals surface area contributed by atoms with Gasteiger partial charge in [0, 0.05) is 32.0 Å². The van der Waals surface area contributed by atoms with E-state index in [4.69, 9.17) is 4.74 Å². The molecule has 0 spiro atoms. The number of aromatic nitrogens is 2. The molecule has 5 nitrogen and oxygen atoms in total. The van der Waals surface area contributed by atoms with Crippen molar-refractivity contribution in [1.82, 2.24) is 14.7 Å². The van der Waals surface area contributed by atoms with Crippen molar-refractivity contribution in [2.45, 2.75) is 31.4 Å². The van der Waals surface area contributed by atoms with E-state index in [1.165, 1.54) is 12.1 Å². The number of rotatable bonds is 6. The van der Waals surface area contributed by atoms with Crippen LogP contribution in [0.25, 0.3) is 0 Å². The van der Waals surface area contributed by atoms with Crippen molar-refractivity contribution >= 4 is 0 Å². The van der Waals surface area contributed by atoms with Crippen molar-refractivity contribution in [3.8, 4) is 5.75 Å². The topological polar surface area (TPSA) is 50.5 Å². The molecule has 1 aliphatic heterocycles. The third kappa shape index (κ3) is 3.91. The van der Waals surface area contributed by atoms with E-state index in [-0.39, 0.29) is 18.0 Å². The van der Waals surface area contributed by atoms with Gasteiger partial charge in [0.2, 0.25) is 0 Å². The van der Waals surface area contributed by atoms with Gasteiger partial charge in [-0.05, 0) is 61.4 Å². The standard InChI is InChI=1S/C20H26FN3O2/c21-17-3-5-18(6-4-17)26-10-2-8-23-13-15-11-19(24-9-1-7-22-24)20(25)12-16(15)14-23/h1,3-7,9,15-16,19-20,25H,2,8,10-14H2/t15-,16+,19-,20-/m1/s1. The number of fused-ring (bicyclic) bond motifs is 1. The van der Waals surface area contributed by atoms with Crippen LogP contribution in [-0.4, -0.2) is 52.1 Å². The van der Waals surface area contributed by atoms with Gasteiger partial charge in [0.25, 0.3) is 0 Å². The van der Waals surface area contributed by atoms with Crippen molar-refractivity contribution in [3.05, 3.63) is 48.5 Å². The first kappa shape index (κ1) is 17.5. The Morgan fingerprint density at radius 2 is 1.92 bits per heavy atom. The predicted molar refractivity (Wildman–Crippen MR) is 96.4 cm³/mol. The van der Waals surface area contributed by atoms with Crippen LogP contribution < -0.4 is 4.74 Å². The summed E-state index contributed by atoms with van der Waals surface area (Å²) < 4.78 is 20.5. The highest BCUT2D eigenvalue weighted by atomic mass is 19.1. The van der Waals surface area contributed by atoms with Crippen molar-refractivity contribution in [2.24, 2.45) is 11.8 Å². The van der Waals surface area contributed by atoms with E-state index in [9.17, 15) is 9.50 Å². The maximum absolute atomic E-state index is 12.9. The number of ether oxygens (including phenoxy) is 1. The Balaban J connectivity index is 1.23. The van der Waals surface area contributed by atoms with Crippen LogP contribution in [0.5, 0.6) is 5.75 Å². The highest BCUT2D eigenvalue weighted by molar-refractivity contribution is 5.21. The third-order valence-electron chi connectivity index (χ3n) is 5.75. The molecule has 0 unspecified atom stereocenters. The molecule has 1 aromatic carbocycles. The van der Waals surface area contributed by atoms with Gasteiger partial charge in [0.1, 0.15) is 11.6 Å². The molecule has 0 bridgehead atoms. The van der Waals surface area contributed by atoms with E-state index in [1.54, 1.807) is 18.3 Å². The number of aliphatic hydroxyl groups excluding tert-OH is 1. The molecule has 0 radical (unpaired) electrons. The molecule has 2 aromatic rings. The van der Waals surface area contributed by atoms with Gasteiger partial charge in [-0.2, -0.15) is 5.10 Å². The normalized spacial score (nSPS) is 28.8. The summed E-state index contributed by atoms with van der Waals surface area (Å²) in [5, 5.41) is 14.8. The number of hydrogen-bond acceptors (Lipinski definition) is 4. The van der Waals surface area contributed by atoms with E-state index in [2.05, 4.69) is 10.00 Å². The van der Waals surface area contributed by atoms with Crippen LogP contribution in [0.2, 0.25) is 0 Å². The van der Waals surface area contributed by atoms with Crippen LogP contribution in [0, 0.1) is 17.7 Å². The molecule has 4 rings (SSSR count). The minimum atomic E-state index is -0.307. The molecule has 140 valence electrons. The van der Waals surface area contributed by atoms with Crippen molar-refractivity contribution < 1.29 is 14.2 Å². The van der Waals surface area contributed by atoms with E-state index < -0.39 is 0 Å². The Kier molecular flexibility index (Phi) is 5.22. The van der Waals surface area contributed by atoms with Crippen LogP contribution in [0.15, 0.2) is 42.7 Å². The lowest BCUT2D eigenvalue weighted by Crippen LogP contribution is -2.36.